The molecule has 0 radical (unpaired) electrons. The first kappa shape index (κ1) is 17.3. The van der Waals surface area contributed by atoms with Gasteiger partial charge < -0.3 is 9.84 Å². The number of fused-ring (bicyclic) bond motifs is 1. The molecule has 0 spiro atoms. The van der Waals surface area contributed by atoms with Crippen molar-refractivity contribution in [2.24, 2.45) is 5.41 Å². The number of hydrogen-bond acceptors (Lipinski definition) is 2. The highest BCUT2D eigenvalue weighted by molar-refractivity contribution is 5.86. The highest BCUT2D eigenvalue weighted by Crippen LogP contribution is 2.41. The molecular weight excluding hydrogens is 312 g/mol. The van der Waals surface area contributed by atoms with Crippen molar-refractivity contribution in [3.8, 4) is 5.75 Å². The van der Waals surface area contributed by atoms with Gasteiger partial charge in [0.25, 0.3) is 0 Å². The third-order valence-electron chi connectivity index (χ3n) is 5.03. The lowest BCUT2D eigenvalue weighted by Crippen LogP contribution is -2.18. The molecule has 0 fully saturated rings. The topological polar surface area (TPSA) is 46.5 Å². The van der Waals surface area contributed by atoms with Gasteiger partial charge >= 0.3 is 6.16 Å². The first-order chi connectivity index (χ1) is 11.8. The molecule has 0 aromatic heterocycles. The van der Waals surface area contributed by atoms with E-state index >= 15 is 0 Å². The van der Waals surface area contributed by atoms with Crippen molar-refractivity contribution >= 4 is 23.0 Å². The summed E-state index contributed by atoms with van der Waals surface area (Å²) in [7, 11) is 0. The summed E-state index contributed by atoms with van der Waals surface area (Å²) in [4.78, 5) is 10.6. The van der Waals surface area contributed by atoms with Crippen LogP contribution in [0.25, 0.3) is 16.8 Å². The monoisotopic (exact) mass is 336 g/mol. The van der Waals surface area contributed by atoms with Gasteiger partial charge in [-0.1, -0.05) is 49.8 Å². The fourth-order valence-corrected chi connectivity index (χ4v) is 3.70. The standard InChI is InChI=1S/C22H24O3/c1-15-5-4-12-22(2,3)20(15)11-7-16-6-8-18-14-19(25-21(23)24)10-9-17(18)13-16/h6-11,13-14H,4-5,12H2,1-3H3,(H,23,24)/b11-7+. The van der Waals surface area contributed by atoms with E-state index in [1.165, 1.54) is 30.4 Å². The van der Waals surface area contributed by atoms with E-state index < -0.39 is 6.16 Å². The molecule has 0 heterocycles. The molecule has 3 rings (SSSR count). The van der Waals surface area contributed by atoms with Crippen LogP contribution in [0.1, 0.15) is 45.6 Å². The molecule has 0 saturated heterocycles. The molecule has 0 aliphatic heterocycles. The minimum Gasteiger partial charge on any atom is -0.449 e. The number of benzene rings is 2. The van der Waals surface area contributed by atoms with E-state index in [-0.39, 0.29) is 5.41 Å². The zero-order valence-corrected chi connectivity index (χ0v) is 15.0. The molecule has 130 valence electrons. The second kappa shape index (κ2) is 6.75. The lowest BCUT2D eigenvalue weighted by atomic mass is 9.72. The van der Waals surface area contributed by atoms with E-state index in [0.29, 0.717) is 5.75 Å². The van der Waals surface area contributed by atoms with Gasteiger partial charge in [0.15, 0.2) is 0 Å². The molecule has 2 aromatic rings. The number of rotatable bonds is 3. The van der Waals surface area contributed by atoms with Crippen molar-refractivity contribution < 1.29 is 14.6 Å². The van der Waals surface area contributed by atoms with Crippen LogP contribution in [0.2, 0.25) is 0 Å². The van der Waals surface area contributed by atoms with Crippen LogP contribution in [0.15, 0.2) is 53.6 Å². The van der Waals surface area contributed by atoms with Gasteiger partial charge in [-0.2, -0.15) is 0 Å². The SMILES string of the molecule is CC1=C(/C=C/c2ccc3cc(OC(=O)O)ccc3c2)C(C)(C)CCC1. The predicted octanol–water partition coefficient (Wildman–Crippen LogP) is 6.44. The number of allylic oxidation sites excluding steroid dienone is 3. The maximum Gasteiger partial charge on any atom is 0.511 e. The Morgan fingerprint density at radius 1 is 1.12 bits per heavy atom. The smallest absolute Gasteiger partial charge is 0.449 e. The highest BCUT2D eigenvalue weighted by Gasteiger charge is 2.26. The van der Waals surface area contributed by atoms with Gasteiger partial charge in [-0.25, -0.2) is 4.79 Å². The van der Waals surface area contributed by atoms with Gasteiger partial charge in [-0.05, 0) is 71.7 Å². The lowest BCUT2D eigenvalue weighted by Gasteiger charge is -2.32. The van der Waals surface area contributed by atoms with E-state index in [4.69, 9.17) is 9.84 Å². The maximum absolute atomic E-state index is 10.6. The summed E-state index contributed by atoms with van der Waals surface area (Å²) >= 11 is 0. The van der Waals surface area contributed by atoms with E-state index in [0.717, 1.165) is 16.3 Å². The second-order valence-corrected chi connectivity index (χ2v) is 7.40. The van der Waals surface area contributed by atoms with Gasteiger partial charge in [0.1, 0.15) is 5.75 Å². The van der Waals surface area contributed by atoms with Crippen molar-refractivity contribution in [3.05, 3.63) is 59.2 Å². The average molecular weight is 336 g/mol. The Hall–Kier alpha value is -2.55. The minimum absolute atomic E-state index is 0.235. The summed E-state index contributed by atoms with van der Waals surface area (Å²) in [6, 6.07) is 11.5. The number of ether oxygens (including phenoxy) is 1. The van der Waals surface area contributed by atoms with Gasteiger partial charge in [0.2, 0.25) is 0 Å². The molecule has 1 N–H and O–H groups in total. The van der Waals surface area contributed by atoms with Crippen molar-refractivity contribution in [1.82, 2.24) is 0 Å². The van der Waals surface area contributed by atoms with Crippen LogP contribution in [0.4, 0.5) is 4.79 Å². The van der Waals surface area contributed by atoms with Gasteiger partial charge in [-0.3, -0.25) is 0 Å². The van der Waals surface area contributed by atoms with Crippen LogP contribution in [0.5, 0.6) is 5.75 Å². The van der Waals surface area contributed by atoms with Crippen LogP contribution in [0.3, 0.4) is 0 Å². The molecule has 3 nitrogen and oxygen atoms in total. The molecule has 2 aromatic carbocycles. The molecular formula is C22H24O3. The maximum atomic E-state index is 10.6. The molecule has 25 heavy (non-hydrogen) atoms. The summed E-state index contributed by atoms with van der Waals surface area (Å²) in [5, 5.41) is 10.7. The van der Waals surface area contributed by atoms with Crippen LogP contribution < -0.4 is 4.74 Å². The van der Waals surface area contributed by atoms with E-state index in [2.05, 4.69) is 45.1 Å². The van der Waals surface area contributed by atoms with E-state index in [1.54, 1.807) is 12.1 Å². The van der Waals surface area contributed by atoms with Gasteiger partial charge in [0, 0.05) is 0 Å². The van der Waals surface area contributed by atoms with Gasteiger partial charge in [0.05, 0.1) is 0 Å². The Kier molecular flexibility index (Phi) is 4.67. The summed E-state index contributed by atoms with van der Waals surface area (Å²) in [6.45, 7) is 6.88. The third-order valence-corrected chi connectivity index (χ3v) is 5.03. The van der Waals surface area contributed by atoms with Crippen LogP contribution in [-0.4, -0.2) is 11.3 Å². The lowest BCUT2D eigenvalue weighted by molar-refractivity contribution is 0.144. The molecule has 0 saturated carbocycles. The van der Waals surface area contributed by atoms with Crippen molar-refractivity contribution in [1.29, 1.82) is 0 Å². The minimum atomic E-state index is -1.29. The molecule has 0 atom stereocenters. The zero-order valence-electron chi connectivity index (χ0n) is 15.0. The zero-order chi connectivity index (χ0) is 18.0. The summed E-state index contributed by atoms with van der Waals surface area (Å²) < 4.78 is 4.71. The first-order valence-corrected chi connectivity index (χ1v) is 8.68. The Labute approximate surface area is 148 Å². The fourth-order valence-electron chi connectivity index (χ4n) is 3.70. The Morgan fingerprint density at radius 2 is 1.84 bits per heavy atom. The highest BCUT2D eigenvalue weighted by atomic mass is 16.7. The molecule has 1 aliphatic rings. The molecule has 0 amide bonds. The quantitative estimate of drug-likeness (QED) is 0.518. The number of hydrogen-bond donors (Lipinski definition) is 1. The van der Waals surface area contributed by atoms with Crippen LogP contribution in [-0.2, 0) is 0 Å². The third kappa shape index (κ3) is 3.93. The van der Waals surface area contributed by atoms with Crippen LogP contribution >= 0.6 is 0 Å². The molecule has 0 unspecified atom stereocenters. The van der Waals surface area contributed by atoms with E-state index in [9.17, 15) is 4.79 Å². The van der Waals surface area contributed by atoms with E-state index in [1.807, 2.05) is 12.1 Å². The van der Waals surface area contributed by atoms with Crippen LogP contribution in [0, 0.1) is 5.41 Å². The molecule has 1 aliphatic carbocycles. The predicted molar refractivity (Wildman–Crippen MR) is 102 cm³/mol. The Morgan fingerprint density at radius 3 is 2.56 bits per heavy atom. The molecule has 0 bridgehead atoms. The van der Waals surface area contributed by atoms with Crippen molar-refractivity contribution in [2.75, 3.05) is 0 Å². The number of carboxylic acid groups (broad SMARTS) is 1. The Balaban J connectivity index is 1.88. The average Bonchev–Trinajstić information content (AvgIpc) is 2.53. The fraction of sp³-hybridized carbons (Fsp3) is 0.318. The second-order valence-electron chi connectivity index (χ2n) is 7.40. The summed E-state index contributed by atoms with van der Waals surface area (Å²) in [5.74, 6) is 0.341. The summed E-state index contributed by atoms with van der Waals surface area (Å²) in [5.41, 5.74) is 4.31. The van der Waals surface area contributed by atoms with Gasteiger partial charge in [-0.15, -0.1) is 0 Å². The largest absolute Gasteiger partial charge is 0.511 e. The normalized spacial score (nSPS) is 17.2. The van der Waals surface area contributed by atoms with Crippen molar-refractivity contribution in [3.63, 3.8) is 0 Å². The molecule has 3 heteroatoms. The first-order valence-electron chi connectivity index (χ1n) is 8.68. The summed E-state index contributed by atoms with van der Waals surface area (Å²) in [6.07, 6.45) is 6.83. The Bertz CT molecular complexity index is 872. The number of carbonyl (C=O) groups is 1. The van der Waals surface area contributed by atoms with Crippen molar-refractivity contribution in [2.45, 2.75) is 40.0 Å².